The van der Waals surface area contributed by atoms with Crippen molar-refractivity contribution >= 4 is 11.9 Å². The first-order valence-electron chi connectivity index (χ1n) is 8.54. The summed E-state index contributed by atoms with van der Waals surface area (Å²) in [5.74, 6) is 0.000240. The number of nitrogens with zero attached hydrogens (tertiary/aromatic N) is 2. The van der Waals surface area contributed by atoms with Crippen LogP contribution in [0, 0.1) is 12.8 Å². The van der Waals surface area contributed by atoms with Crippen LogP contribution in [0.3, 0.4) is 0 Å². The van der Waals surface area contributed by atoms with Gasteiger partial charge in [-0.1, -0.05) is 24.3 Å². The fraction of sp³-hybridized carbons (Fsp3) is 0.556. The molecule has 0 aliphatic carbocycles. The number of primary amides is 1. The molecule has 24 heavy (non-hydrogen) atoms. The summed E-state index contributed by atoms with van der Waals surface area (Å²) in [5.41, 5.74) is 7.73. The summed E-state index contributed by atoms with van der Waals surface area (Å²) < 4.78 is 5.89. The number of nitrogens with two attached hydrogens (primary N) is 1. The Morgan fingerprint density at radius 1 is 1.21 bits per heavy atom. The number of ether oxygens (including phenoxy) is 1. The Labute approximate surface area is 142 Å². The highest BCUT2D eigenvalue weighted by molar-refractivity contribution is 5.81. The second kappa shape index (κ2) is 7.21. The number of benzene rings is 1. The van der Waals surface area contributed by atoms with Crippen molar-refractivity contribution in [2.24, 2.45) is 11.7 Å². The summed E-state index contributed by atoms with van der Waals surface area (Å²) in [5, 5.41) is 0. The van der Waals surface area contributed by atoms with Crippen LogP contribution in [-0.4, -0.2) is 54.0 Å². The fourth-order valence-electron chi connectivity index (χ4n) is 3.34. The molecule has 1 atom stereocenters. The molecule has 3 amide bonds. The van der Waals surface area contributed by atoms with Gasteiger partial charge in [0, 0.05) is 26.2 Å². The van der Waals surface area contributed by atoms with E-state index in [2.05, 4.69) is 19.1 Å². The van der Waals surface area contributed by atoms with Gasteiger partial charge < -0.3 is 20.3 Å². The largest absolute Gasteiger partial charge is 0.370 e. The van der Waals surface area contributed by atoms with Crippen molar-refractivity contribution in [3.63, 3.8) is 0 Å². The standard InChI is InChI=1S/C18H25N3O3/c1-13-5-2-3-6-15(13)12-24-16-10-21(11-16)17(22)14-7-4-8-20(9-14)18(19)23/h2-3,5-6,14,16H,4,7-12H2,1H3,(H2,19,23). The molecule has 3 rings (SSSR count). The third-order valence-corrected chi connectivity index (χ3v) is 4.98. The Hall–Kier alpha value is -2.08. The van der Waals surface area contributed by atoms with Gasteiger partial charge in [0.2, 0.25) is 5.91 Å². The quantitative estimate of drug-likeness (QED) is 0.909. The van der Waals surface area contributed by atoms with E-state index in [9.17, 15) is 9.59 Å². The average Bonchev–Trinajstić information content (AvgIpc) is 2.54. The number of rotatable bonds is 4. The van der Waals surface area contributed by atoms with Gasteiger partial charge in [0.25, 0.3) is 0 Å². The van der Waals surface area contributed by atoms with E-state index in [4.69, 9.17) is 10.5 Å². The molecule has 1 unspecified atom stereocenters. The van der Waals surface area contributed by atoms with Crippen molar-refractivity contribution in [2.45, 2.75) is 32.5 Å². The molecule has 6 heteroatoms. The predicted octanol–water partition coefficient (Wildman–Crippen LogP) is 1.51. The Balaban J connectivity index is 1.43. The van der Waals surface area contributed by atoms with Crippen LogP contribution >= 0.6 is 0 Å². The lowest BCUT2D eigenvalue weighted by molar-refractivity contribution is -0.151. The molecule has 2 N–H and O–H groups in total. The summed E-state index contributed by atoms with van der Waals surface area (Å²) >= 11 is 0. The lowest BCUT2D eigenvalue weighted by atomic mass is 9.95. The van der Waals surface area contributed by atoms with Gasteiger partial charge in [0.05, 0.1) is 18.6 Å². The molecule has 130 valence electrons. The number of carbonyl (C=O) groups is 2. The lowest BCUT2D eigenvalue weighted by Crippen LogP contribution is -2.58. The van der Waals surface area contributed by atoms with Crippen molar-refractivity contribution in [2.75, 3.05) is 26.2 Å². The maximum Gasteiger partial charge on any atom is 0.314 e. The van der Waals surface area contributed by atoms with E-state index in [1.165, 1.54) is 11.1 Å². The molecule has 0 saturated carbocycles. The van der Waals surface area contributed by atoms with E-state index < -0.39 is 6.03 Å². The summed E-state index contributed by atoms with van der Waals surface area (Å²) in [4.78, 5) is 27.2. The van der Waals surface area contributed by atoms with Gasteiger partial charge in [-0.25, -0.2) is 4.79 Å². The number of amides is 3. The molecule has 2 aliphatic rings. The molecule has 2 fully saturated rings. The van der Waals surface area contributed by atoms with Crippen LogP contribution < -0.4 is 5.73 Å². The SMILES string of the molecule is Cc1ccccc1COC1CN(C(=O)C2CCCN(C(N)=O)C2)C1. The zero-order chi connectivity index (χ0) is 17.1. The molecule has 6 nitrogen and oxygen atoms in total. The van der Waals surface area contributed by atoms with Crippen LogP contribution in [0.4, 0.5) is 4.79 Å². The molecule has 0 radical (unpaired) electrons. The van der Waals surface area contributed by atoms with Crippen LogP contribution in [-0.2, 0) is 16.1 Å². The highest BCUT2D eigenvalue weighted by Crippen LogP contribution is 2.23. The van der Waals surface area contributed by atoms with E-state index in [1.807, 2.05) is 17.0 Å². The highest BCUT2D eigenvalue weighted by Gasteiger charge is 2.37. The minimum absolute atomic E-state index is 0.101. The van der Waals surface area contributed by atoms with Crippen LogP contribution in [0.25, 0.3) is 0 Å². The van der Waals surface area contributed by atoms with Gasteiger partial charge in [-0.05, 0) is 30.9 Å². The second-order valence-electron chi connectivity index (χ2n) is 6.73. The summed E-state index contributed by atoms with van der Waals surface area (Å²) in [6.07, 6.45) is 1.76. The van der Waals surface area contributed by atoms with E-state index in [1.54, 1.807) is 4.90 Å². The van der Waals surface area contributed by atoms with E-state index in [0.29, 0.717) is 32.8 Å². The second-order valence-corrected chi connectivity index (χ2v) is 6.73. The third kappa shape index (κ3) is 3.70. The Kier molecular flexibility index (Phi) is 5.04. The van der Waals surface area contributed by atoms with Crippen LogP contribution in [0.2, 0.25) is 0 Å². The minimum Gasteiger partial charge on any atom is -0.370 e. The number of hydrogen-bond donors (Lipinski definition) is 1. The summed E-state index contributed by atoms with van der Waals surface area (Å²) in [6, 6.07) is 7.73. The minimum atomic E-state index is -0.435. The predicted molar refractivity (Wildman–Crippen MR) is 90.2 cm³/mol. The molecule has 0 spiro atoms. The Morgan fingerprint density at radius 2 is 1.96 bits per heavy atom. The van der Waals surface area contributed by atoms with E-state index >= 15 is 0 Å². The van der Waals surface area contributed by atoms with Crippen molar-refractivity contribution in [3.8, 4) is 0 Å². The van der Waals surface area contributed by atoms with Crippen molar-refractivity contribution in [1.82, 2.24) is 9.80 Å². The van der Waals surface area contributed by atoms with Crippen LogP contribution in [0.15, 0.2) is 24.3 Å². The third-order valence-electron chi connectivity index (χ3n) is 4.98. The fourth-order valence-corrected chi connectivity index (χ4v) is 3.34. The summed E-state index contributed by atoms with van der Waals surface area (Å²) in [7, 11) is 0. The van der Waals surface area contributed by atoms with Crippen LogP contribution in [0.5, 0.6) is 0 Å². The summed E-state index contributed by atoms with van der Waals surface area (Å²) in [6.45, 7) is 5.03. The Bertz CT molecular complexity index is 613. The van der Waals surface area contributed by atoms with Crippen molar-refractivity contribution < 1.29 is 14.3 Å². The number of urea groups is 1. The van der Waals surface area contributed by atoms with Gasteiger partial charge in [-0.2, -0.15) is 0 Å². The molecule has 2 heterocycles. The first-order chi connectivity index (χ1) is 11.5. The molecule has 1 aromatic carbocycles. The molecular formula is C18H25N3O3. The Morgan fingerprint density at radius 3 is 2.67 bits per heavy atom. The average molecular weight is 331 g/mol. The number of carbonyl (C=O) groups excluding carboxylic acids is 2. The topological polar surface area (TPSA) is 75.9 Å². The van der Waals surface area contributed by atoms with Gasteiger partial charge in [-0.15, -0.1) is 0 Å². The van der Waals surface area contributed by atoms with Gasteiger partial charge in [0.1, 0.15) is 0 Å². The first-order valence-corrected chi connectivity index (χ1v) is 8.54. The van der Waals surface area contributed by atoms with Crippen LogP contribution in [0.1, 0.15) is 24.0 Å². The highest BCUT2D eigenvalue weighted by atomic mass is 16.5. The number of piperidine rings is 1. The first kappa shape index (κ1) is 16.8. The lowest BCUT2D eigenvalue weighted by Gasteiger charge is -2.42. The zero-order valence-electron chi connectivity index (χ0n) is 14.1. The number of aryl methyl sites for hydroxylation is 1. The number of hydrogen-bond acceptors (Lipinski definition) is 3. The molecule has 1 aromatic rings. The smallest absolute Gasteiger partial charge is 0.314 e. The molecule has 0 bridgehead atoms. The maximum absolute atomic E-state index is 12.5. The van der Waals surface area contributed by atoms with Gasteiger partial charge >= 0.3 is 6.03 Å². The molecule has 0 aromatic heterocycles. The maximum atomic E-state index is 12.5. The van der Waals surface area contributed by atoms with Crippen molar-refractivity contribution in [3.05, 3.63) is 35.4 Å². The van der Waals surface area contributed by atoms with Gasteiger partial charge in [0.15, 0.2) is 0 Å². The molecule has 2 aliphatic heterocycles. The van der Waals surface area contributed by atoms with E-state index in [0.717, 1.165) is 12.8 Å². The molecule has 2 saturated heterocycles. The van der Waals surface area contributed by atoms with E-state index in [-0.39, 0.29) is 17.9 Å². The van der Waals surface area contributed by atoms with Gasteiger partial charge in [-0.3, -0.25) is 4.79 Å². The zero-order valence-corrected chi connectivity index (χ0v) is 14.1. The van der Waals surface area contributed by atoms with Crippen molar-refractivity contribution in [1.29, 1.82) is 0 Å². The molecular weight excluding hydrogens is 306 g/mol. The normalized spacial score (nSPS) is 21.5. The monoisotopic (exact) mass is 331 g/mol. The number of likely N-dealkylation sites (tertiary alicyclic amines) is 2.